The van der Waals surface area contributed by atoms with Crippen molar-refractivity contribution in [3.05, 3.63) is 101 Å². The second kappa shape index (κ2) is 9.92. The Hall–Kier alpha value is -3.25. The molecule has 0 saturated carbocycles. The van der Waals surface area contributed by atoms with Gasteiger partial charge < -0.3 is 9.13 Å². The second-order valence-electron chi connectivity index (χ2n) is 8.37. The summed E-state index contributed by atoms with van der Waals surface area (Å²) < 4.78 is 18.1. The molecule has 0 unspecified atom stereocenters. The van der Waals surface area contributed by atoms with Gasteiger partial charge in [-0.1, -0.05) is 18.2 Å². The van der Waals surface area contributed by atoms with Crippen molar-refractivity contribution in [2.45, 2.75) is 46.8 Å². The van der Waals surface area contributed by atoms with Gasteiger partial charge in [0.2, 0.25) is 0 Å². The van der Waals surface area contributed by atoms with E-state index in [2.05, 4.69) is 56.9 Å². The molecule has 0 aliphatic carbocycles. The molecule has 4 aromatic rings. The lowest BCUT2D eigenvalue weighted by Gasteiger charge is -2.23. The Morgan fingerprint density at radius 2 is 1.88 bits per heavy atom. The highest BCUT2D eigenvalue weighted by atomic mass is 19.1. The molecular weight excluding hydrogens is 401 g/mol. The minimum atomic E-state index is -0.190. The summed E-state index contributed by atoms with van der Waals surface area (Å²) in [6.45, 7) is 9.68. The standard InChI is InChI=1S/C26H30FN5/c1-20-7-5-10-29-26(20)32-21(2)15-24(22(32)3)18-31(13-6-12-30-14-11-28-19-30)17-23-8-4-9-25(27)16-23/h4-5,7-11,14-16,19H,6,12-13,17-18H2,1-3H3. The van der Waals surface area contributed by atoms with Crippen LogP contribution < -0.4 is 0 Å². The van der Waals surface area contributed by atoms with E-state index in [-0.39, 0.29) is 5.82 Å². The first kappa shape index (κ1) is 22.0. The van der Waals surface area contributed by atoms with E-state index in [1.807, 2.05) is 30.9 Å². The first-order valence-electron chi connectivity index (χ1n) is 11.0. The quantitative estimate of drug-likeness (QED) is 0.364. The Morgan fingerprint density at radius 1 is 1.00 bits per heavy atom. The van der Waals surface area contributed by atoms with Crippen LogP contribution in [0.3, 0.4) is 0 Å². The lowest BCUT2D eigenvalue weighted by molar-refractivity contribution is 0.247. The van der Waals surface area contributed by atoms with Gasteiger partial charge in [-0.15, -0.1) is 0 Å². The summed E-state index contributed by atoms with van der Waals surface area (Å²) in [5.74, 6) is 0.787. The first-order chi connectivity index (χ1) is 15.5. The Balaban J connectivity index is 1.55. The molecule has 32 heavy (non-hydrogen) atoms. The van der Waals surface area contributed by atoms with Crippen molar-refractivity contribution >= 4 is 0 Å². The zero-order valence-corrected chi connectivity index (χ0v) is 19.0. The van der Waals surface area contributed by atoms with Crippen molar-refractivity contribution in [2.24, 2.45) is 0 Å². The van der Waals surface area contributed by atoms with Gasteiger partial charge in [0.25, 0.3) is 0 Å². The number of hydrogen-bond acceptors (Lipinski definition) is 3. The van der Waals surface area contributed by atoms with Crippen LogP contribution in [0.4, 0.5) is 4.39 Å². The van der Waals surface area contributed by atoms with E-state index < -0.39 is 0 Å². The summed E-state index contributed by atoms with van der Waals surface area (Å²) in [7, 11) is 0. The van der Waals surface area contributed by atoms with Crippen molar-refractivity contribution in [1.82, 2.24) is 24.0 Å². The Labute approximate surface area is 189 Å². The molecule has 0 spiro atoms. The molecule has 3 heterocycles. The number of hydrogen-bond donors (Lipinski definition) is 0. The Kier molecular flexibility index (Phi) is 6.81. The normalized spacial score (nSPS) is 11.4. The summed E-state index contributed by atoms with van der Waals surface area (Å²) in [4.78, 5) is 11.1. The average Bonchev–Trinajstić information content (AvgIpc) is 3.37. The van der Waals surface area contributed by atoms with E-state index in [0.29, 0.717) is 6.54 Å². The van der Waals surface area contributed by atoms with E-state index in [0.717, 1.165) is 43.0 Å². The van der Waals surface area contributed by atoms with E-state index in [4.69, 9.17) is 0 Å². The molecular formula is C26H30FN5. The van der Waals surface area contributed by atoms with Gasteiger partial charge >= 0.3 is 0 Å². The molecule has 0 N–H and O–H groups in total. The fourth-order valence-electron chi connectivity index (χ4n) is 4.27. The molecule has 0 atom stereocenters. The monoisotopic (exact) mass is 431 g/mol. The van der Waals surface area contributed by atoms with E-state index >= 15 is 0 Å². The number of rotatable bonds is 9. The van der Waals surface area contributed by atoms with Gasteiger partial charge in [-0.2, -0.15) is 0 Å². The Morgan fingerprint density at radius 3 is 2.62 bits per heavy atom. The molecule has 0 radical (unpaired) electrons. The van der Waals surface area contributed by atoms with Crippen LogP contribution in [0, 0.1) is 26.6 Å². The van der Waals surface area contributed by atoms with Crippen molar-refractivity contribution in [3.8, 4) is 5.82 Å². The highest BCUT2D eigenvalue weighted by molar-refractivity contribution is 5.41. The van der Waals surface area contributed by atoms with Gasteiger partial charge in [0.1, 0.15) is 11.6 Å². The summed E-state index contributed by atoms with van der Waals surface area (Å²) in [5, 5.41) is 0. The molecule has 6 heteroatoms. The van der Waals surface area contributed by atoms with E-state index in [1.165, 1.54) is 23.0 Å². The number of aromatic nitrogens is 4. The molecule has 166 valence electrons. The number of pyridine rings is 1. The second-order valence-corrected chi connectivity index (χ2v) is 8.37. The highest BCUT2D eigenvalue weighted by Gasteiger charge is 2.16. The number of aryl methyl sites for hydroxylation is 3. The lowest BCUT2D eigenvalue weighted by Crippen LogP contribution is -2.25. The smallest absolute Gasteiger partial charge is 0.139 e. The third-order valence-electron chi connectivity index (χ3n) is 5.87. The van der Waals surface area contributed by atoms with Crippen molar-refractivity contribution < 1.29 is 4.39 Å². The molecule has 0 saturated heterocycles. The largest absolute Gasteiger partial charge is 0.337 e. The maximum atomic E-state index is 13.8. The van der Waals surface area contributed by atoms with Crippen LogP contribution in [-0.4, -0.2) is 30.5 Å². The summed E-state index contributed by atoms with van der Waals surface area (Å²) >= 11 is 0. The lowest BCUT2D eigenvalue weighted by atomic mass is 10.1. The first-order valence-corrected chi connectivity index (χ1v) is 11.0. The van der Waals surface area contributed by atoms with Crippen LogP contribution in [0.2, 0.25) is 0 Å². The van der Waals surface area contributed by atoms with Crippen molar-refractivity contribution in [2.75, 3.05) is 6.54 Å². The molecule has 1 aromatic carbocycles. The zero-order chi connectivity index (χ0) is 22.5. The summed E-state index contributed by atoms with van der Waals surface area (Å²) in [6, 6.07) is 13.2. The highest BCUT2D eigenvalue weighted by Crippen LogP contribution is 2.23. The van der Waals surface area contributed by atoms with Gasteiger partial charge in [0, 0.05) is 56.2 Å². The molecule has 0 amide bonds. The van der Waals surface area contributed by atoms with Crippen LogP contribution in [0.1, 0.15) is 34.5 Å². The molecule has 0 aliphatic rings. The number of benzene rings is 1. The van der Waals surface area contributed by atoms with Crippen LogP contribution >= 0.6 is 0 Å². The average molecular weight is 432 g/mol. The fraction of sp³-hybridized carbons (Fsp3) is 0.308. The third kappa shape index (κ3) is 5.14. The predicted molar refractivity (Wildman–Crippen MR) is 125 cm³/mol. The van der Waals surface area contributed by atoms with Crippen molar-refractivity contribution in [3.63, 3.8) is 0 Å². The maximum absolute atomic E-state index is 13.8. The molecule has 3 aromatic heterocycles. The molecule has 0 fully saturated rings. The number of halogens is 1. The van der Waals surface area contributed by atoms with Gasteiger partial charge in [-0.3, -0.25) is 4.90 Å². The fourth-order valence-corrected chi connectivity index (χ4v) is 4.27. The zero-order valence-electron chi connectivity index (χ0n) is 19.0. The van der Waals surface area contributed by atoms with E-state index in [9.17, 15) is 4.39 Å². The van der Waals surface area contributed by atoms with Gasteiger partial charge in [-0.25, -0.2) is 14.4 Å². The van der Waals surface area contributed by atoms with Crippen LogP contribution in [-0.2, 0) is 19.6 Å². The number of imidazole rings is 1. The molecule has 4 rings (SSSR count). The van der Waals surface area contributed by atoms with Crippen molar-refractivity contribution in [1.29, 1.82) is 0 Å². The topological polar surface area (TPSA) is 38.9 Å². The van der Waals surface area contributed by atoms with Gasteiger partial charge in [0.15, 0.2) is 0 Å². The number of nitrogens with zero attached hydrogens (tertiary/aromatic N) is 5. The van der Waals surface area contributed by atoms with Crippen LogP contribution in [0.15, 0.2) is 67.4 Å². The Bertz CT molecular complexity index is 1160. The molecule has 5 nitrogen and oxygen atoms in total. The minimum Gasteiger partial charge on any atom is -0.337 e. The van der Waals surface area contributed by atoms with Crippen LogP contribution in [0.25, 0.3) is 5.82 Å². The third-order valence-corrected chi connectivity index (χ3v) is 5.87. The van der Waals surface area contributed by atoms with Crippen LogP contribution in [0.5, 0.6) is 0 Å². The van der Waals surface area contributed by atoms with E-state index in [1.54, 1.807) is 18.3 Å². The summed E-state index contributed by atoms with van der Waals surface area (Å²) in [5.41, 5.74) is 5.78. The summed E-state index contributed by atoms with van der Waals surface area (Å²) in [6.07, 6.45) is 8.47. The predicted octanol–water partition coefficient (Wildman–Crippen LogP) is 5.23. The molecule has 0 aliphatic heterocycles. The van der Waals surface area contributed by atoms with Gasteiger partial charge in [-0.05, 0) is 68.1 Å². The minimum absolute atomic E-state index is 0.190. The van der Waals surface area contributed by atoms with Gasteiger partial charge in [0.05, 0.1) is 6.33 Å². The molecule has 0 bridgehead atoms. The SMILES string of the molecule is Cc1cccnc1-n1c(C)cc(CN(CCCn2ccnc2)Cc2cccc(F)c2)c1C. The maximum Gasteiger partial charge on any atom is 0.139 e.